The monoisotopic (exact) mass is 549 g/mol. The highest BCUT2D eigenvalue weighted by atomic mass is 19.1. The van der Waals surface area contributed by atoms with Crippen LogP contribution in [0.25, 0.3) is 11.2 Å². The average Bonchev–Trinajstić information content (AvgIpc) is 3.25. The fourth-order valence-electron chi connectivity index (χ4n) is 5.29. The molecule has 1 saturated carbocycles. The van der Waals surface area contributed by atoms with Gasteiger partial charge in [-0.2, -0.15) is 14.4 Å². The van der Waals surface area contributed by atoms with Gasteiger partial charge in [-0.15, -0.1) is 6.42 Å². The fourth-order valence-corrected chi connectivity index (χ4v) is 5.29. The number of carbonyl (C=O) groups is 1. The van der Waals surface area contributed by atoms with Crippen LogP contribution in [0.15, 0.2) is 42.8 Å². The van der Waals surface area contributed by atoms with Gasteiger partial charge in [0.05, 0.1) is 18.5 Å². The fraction of sp³-hybridized carbons (Fsp3) is 0.548. The molecule has 9 heteroatoms. The number of ether oxygens (including phenoxy) is 2. The number of unbranched alkanes of at least 4 members (excludes halogenated alkanes) is 5. The second-order valence-electron chi connectivity index (χ2n) is 10.5. The summed E-state index contributed by atoms with van der Waals surface area (Å²) in [6.07, 6.45) is 29.9. The average molecular weight is 550 g/mol. The molecule has 1 aliphatic carbocycles. The van der Waals surface area contributed by atoms with E-state index in [1.165, 1.54) is 6.42 Å². The standard InChI is InChI=1S/C31H40FN5O3/c1-3-5-6-7-8-9-10-11-12-13-14-15-16-17-18-19-24(38)39-21-31(4-2)20-23-26(27(23)40-31)37-22-34-25-28(33)35-30(32)36-29(25)37/h2,5-6,8-9,11-12,22-23,26-27H,3,7,10,13-21H2,1H3,(H2,33,35,36)/b6-5-,9-8-,12-11-/t23?,26?,27-,31+/m1/s1. The lowest BCUT2D eigenvalue weighted by Crippen LogP contribution is -2.36. The molecule has 2 aliphatic rings. The van der Waals surface area contributed by atoms with Gasteiger partial charge in [0.2, 0.25) is 0 Å². The molecule has 0 spiro atoms. The molecule has 3 heterocycles. The van der Waals surface area contributed by atoms with Gasteiger partial charge in [-0.25, -0.2) is 4.98 Å². The largest absolute Gasteiger partial charge is 0.462 e. The van der Waals surface area contributed by atoms with E-state index in [0.29, 0.717) is 24.0 Å². The maximum atomic E-state index is 13.7. The molecule has 2 aromatic rings. The van der Waals surface area contributed by atoms with Crippen LogP contribution in [0.5, 0.6) is 0 Å². The third kappa shape index (κ3) is 7.57. The van der Waals surface area contributed by atoms with Crippen molar-refractivity contribution in [2.75, 3.05) is 12.3 Å². The van der Waals surface area contributed by atoms with Gasteiger partial charge in [0, 0.05) is 12.3 Å². The highest BCUT2D eigenvalue weighted by Crippen LogP contribution is 2.58. The smallest absolute Gasteiger partial charge is 0.312 e. The van der Waals surface area contributed by atoms with E-state index in [4.69, 9.17) is 21.6 Å². The zero-order chi connectivity index (χ0) is 28.4. The maximum absolute atomic E-state index is 13.7. The summed E-state index contributed by atoms with van der Waals surface area (Å²) in [6, 6.07) is -0.0683. The van der Waals surface area contributed by atoms with Gasteiger partial charge in [0.25, 0.3) is 0 Å². The van der Waals surface area contributed by atoms with Crippen LogP contribution in [0.1, 0.15) is 83.6 Å². The summed E-state index contributed by atoms with van der Waals surface area (Å²) in [5.41, 5.74) is 5.52. The summed E-state index contributed by atoms with van der Waals surface area (Å²) in [5.74, 6) is 2.55. The first kappa shape index (κ1) is 29.5. The first-order chi connectivity index (χ1) is 19.5. The number of fused-ring (bicyclic) bond motifs is 2. The molecule has 0 radical (unpaired) electrons. The number of anilines is 1. The maximum Gasteiger partial charge on any atom is 0.312 e. The molecule has 8 nitrogen and oxygen atoms in total. The lowest BCUT2D eigenvalue weighted by molar-refractivity contribution is -0.151. The molecule has 1 aliphatic heterocycles. The summed E-state index contributed by atoms with van der Waals surface area (Å²) in [4.78, 5) is 23.9. The van der Waals surface area contributed by atoms with Gasteiger partial charge >= 0.3 is 12.0 Å². The Kier molecular flexibility index (Phi) is 10.5. The van der Waals surface area contributed by atoms with E-state index >= 15 is 0 Å². The van der Waals surface area contributed by atoms with E-state index in [0.717, 1.165) is 51.4 Å². The van der Waals surface area contributed by atoms with Gasteiger partial charge in [-0.1, -0.05) is 68.6 Å². The predicted octanol–water partition coefficient (Wildman–Crippen LogP) is 6.01. The van der Waals surface area contributed by atoms with E-state index in [9.17, 15) is 9.18 Å². The number of hydrogen-bond donors (Lipinski definition) is 1. The van der Waals surface area contributed by atoms with Crippen molar-refractivity contribution in [3.8, 4) is 12.3 Å². The Labute approximate surface area is 235 Å². The number of nitrogen functional groups attached to an aromatic ring is 1. The van der Waals surface area contributed by atoms with Crippen molar-refractivity contribution in [2.45, 2.75) is 95.3 Å². The van der Waals surface area contributed by atoms with Crippen LogP contribution in [0.4, 0.5) is 10.2 Å². The van der Waals surface area contributed by atoms with Crippen LogP contribution in [-0.2, 0) is 14.3 Å². The zero-order valence-electron chi connectivity index (χ0n) is 23.3. The van der Waals surface area contributed by atoms with E-state index in [1.807, 2.05) is 0 Å². The molecule has 4 atom stereocenters. The van der Waals surface area contributed by atoms with Crippen molar-refractivity contribution in [3.05, 3.63) is 48.9 Å². The van der Waals surface area contributed by atoms with E-state index in [1.54, 1.807) is 10.9 Å². The van der Waals surface area contributed by atoms with Crippen molar-refractivity contribution in [1.29, 1.82) is 0 Å². The summed E-state index contributed by atoms with van der Waals surface area (Å²) >= 11 is 0. The number of nitrogens with zero attached hydrogens (tertiary/aromatic N) is 4. The van der Waals surface area contributed by atoms with Gasteiger partial charge in [0.1, 0.15) is 12.1 Å². The van der Waals surface area contributed by atoms with E-state index in [2.05, 4.69) is 64.3 Å². The number of nitrogens with two attached hydrogens (primary N) is 1. The third-order valence-electron chi connectivity index (χ3n) is 7.49. The lowest BCUT2D eigenvalue weighted by Gasteiger charge is -2.25. The molecule has 214 valence electrons. The SMILES string of the molecule is C#C[C@@]1(COC(=O)CCCCCCC/C=C\C/C=C\C/C=C\CC)CC2C(n3cnc4c(N)nc(F)nc43)[C@@H]2O1. The molecule has 1 saturated heterocycles. The van der Waals surface area contributed by atoms with Gasteiger partial charge < -0.3 is 19.8 Å². The minimum Gasteiger partial charge on any atom is -0.462 e. The molecule has 2 unspecified atom stereocenters. The number of imidazole rings is 1. The minimum absolute atomic E-state index is 0.000279. The molecule has 2 N–H and O–H groups in total. The first-order valence-electron chi connectivity index (χ1n) is 14.4. The van der Waals surface area contributed by atoms with E-state index < -0.39 is 11.7 Å². The molecule has 0 amide bonds. The summed E-state index contributed by atoms with van der Waals surface area (Å²) < 4.78 is 27.1. The van der Waals surface area contributed by atoms with Crippen LogP contribution in [-0.4, -0.2) is 43.8 Å². The Bertz CT molecular complexity index is 1270. The van der Waals surface area contributed by atoms with Crippen molar-refractivity contribution in [1.82, 2.24) is 19.5 Å². The van der Waals surface area contributed by atoms with Crippen LogP contribution in [0, 0.1) is 24.3 Å². The Morgan fingerprint density at radius 1 is 1.18 bits per heavy atom. The lowest BCUT2D eigenvalue weighted by atomic mass is 10.00. The Morgan fingerprint density at radius 3 is 2.62 bits per heavy atom. The van der Waals surface area contributed by atoms with Crippen LogP contribution in [0.3, 0.4) is 0 Å². The molecule has 0 bridgehead atoms. The Morgan fingerprint density at radius 2 is 1.90 bits per heavy atom. The van der Waals surface area contributed by atoms with Crippen molar-refractivity contribution in [3.63, 3.8) is 0 Å². The second-order valence-corrected chi connectivity index (χ2v) is 10.5. The third-order valence-corrected chi connectivity index (χ3v) is 7.49. The van der Waals surface area contributed by atoms with Gasteiger partial charge in [0.15, 0.2) is 17.1 Å². The number of aromatic nitrogens is 4. The summed E-state index contributed by atoms with van der Waals surface area (Å²) in [6.45, 7) is 2.18. The quantitative estimate of drug-likeness (QED) is 0.0898. The number of halogens is 1. The Hall–Kier alpha value is -3.51. The molecule has 0 aromatic carbocycles. The second kappa shape index (κ2) is 14.2. The normalized spacial score (nSPS) is 23.9. The van der Waals surface area contributed by atoms with Crippen LogP contribution in [0.2, 0.25) is 0 Å². The molecule has 4 rings (SSSR count). The van der Waals surface area contributed by atoms with Gasteiger partial charge in [-0.3, -0.25) is 4.79 Å². The van der Waals surface area contributed by atoms with Crippen molar-refractivity contribution < 1.29 is 18.7 Å². The van der Waals surface area contributed by atoms with E-state index in [-0.39, 0.29) is 36.5 Å². The number of esters is 1. The molecule has 2 aromatic heterocycles. The number of hydrogen-bond acceptors (Lipinski definition) is 7. The summed E-state index contributed by atoms with van der Waals surface area (Å²) in [5, 5.41) is 0. The molecular weight excluding hydrogens is 509 g/mol. The van der Waals surface area contributed by atoms with Crippen LogP contribution < -0.4 is 5.73 Å². The highest BCUT2D eigenvalue weighted by molar-refractivity contribution is 5.81. The van der Waals surface area contributed by atoms with Gasteiger partial charge in [-0.05, 0) is 44.9 Å². The topological polar surface area (TPSA) is 105 Å². The number of allylic oxidation sites excluding steroid dienone is 6. The summed E-state index contributed by atoms with van der Waals surface area (Å²) in [7, 11) is 0. The first-order valence-corrected chi connectivity index (χ1v) is 14.4. The number of carbonyl (C=O) groups excluding carboxylic acids is 1. The van der Waals surface area contributed by atoms with Crippen molar-refractivity contribution in [2.24, 2.45) is 5.92 Å². The number of rotatable bonds is 16. The molecule has 2 fully saturated rings. The molecular formula is C31H40FN5O3. The zero-order valence-corrected chi connectivity index (χ0v) is 23.3. The van der Waals surface area contributed by atoms with Crippen LogP contribution >= 0.6 is 0 Å². The predicted molar refractivity (Wildman–Crippen MR) is 153 cm³/mol. The van der Waals surface area contributed by atoms with Crippen molar-refractivity contribution >= 4 is 23.0 Å². The minimum atomic E-state index is -0.938. The Balaban J connectivity index is 1.07. The number of terminal acetylenes is 1. The molecule has 40 heavy (non-hydrogen) atoms. The highest BCUT2D eigenvalue weighted by Gasteiger charge is 2.64.